The summed E-state index contributed by atoms with van der Waals surface area (Å²) in [5, 5.41) is 0. The molecule has 0 aromatic carbocycles. The van der Waals surface area contributed by atoms with Crippen LogP contribution in [0.3, 0.4) is 0 Å². The molecule has 4 unspecified atom stereocenters. The highest BCUT2D eigenvalue weighted by Gasteiger charge is 2.82. The minimum atomic E-state index is -0.527. The molecule has 1 aromatic rings. The first-order valence-electron chi connectivity index (χ1n) is 4.63. The molecule has 1 fully saturated rings. The summed E-state index contributed by atoms with van der Waals surface area (Å²) in [5.74, 6) is 0. The molecule has 1 aliphatic rings. The van der Waals surface area contributed by atoms with Gasteiger partial charge in [0.05, 0.1) is 12.6 Å². The van der Waals surface area contributed by atoms with E-state index in [9.17, 15) is 9.59 Å². The van der Waals surface area contributed by atoms with E-state index in [2.05, 4.69) is 30.9 Å². The van der Waals surface area contributed by atoms with Crippen molar-refractivity contribution in [3.63, 3.8) is 0 Å². The second-order valence-corrected chi connectivity index (χ2v) is 13.2. The second-order valence-electron chi connectivity index (χ2n) is 3.70. The first kappa shape index (κ1) is 11.9. The lowest BCUT2D eigenvalue weighted by Crippen LogP contribution is -2.33. The molecule has 0 spiro atoms. The van der Waals surface area contributed by atoms with Crippen LogP contribution in [0.15, 0.2) is 21.9 Å². The summed E-state index contributed by atoms with van der Waals surface area (Å²) >= 11 is 0. The Morgan fingerprint density at radius 3 is 2.56 bits per heavy atom. The van der Waals surface area contributed by atoms with Gasteiger partial charge in [-0.1, -0.05) is 0 Å². The maximum absolute atomic E-state index is 11.8. The van der Waals surface area contributed by atoms with Crippen molar-refractivity contribution >= 4 is 35.0 Å². The van der Waals surface area contributed by atoms with Gasteiger partial charge in [-0.2, -0.15) is 0 Å². The van der Waals surface area contributed by atoms with Gasteiger partial charge >= 0.3 is 10.5 Å². The fourth-order valence-corrected chi connectivity index (χ4v) is 16.1. The van der Waals surface area contributed by atoms with Gasteiger partial charge in [-0.05, 0) is 0 Å². The van der Waals surface area contributed by atoms with E-state index in [1.54, 1.807) is 10.8 Å². The molecule has 1 aromatic heterocycles. The number of nitrogens with zero attached hydrogens (tertiary/aromatic N) is 1. The van der Waals surface area contributed by atoms with Crippen LogP contribution in [0.5, 0.6) is 0 Å². The SMILES string of the molecule is C=[P+](C)C1(n2ccc(=O)[nH]c2=O)P(C)[P+]1=C. The largest absolute Gasteiger partial charge is 0.408 e. The summed E-state index contributed by atoms with van der Waals surface area (Å²) in [7, 11) is -1.19. The molecule has 84 valence electrons. The molecule has 1 aliphatic heterocycles. The Balaban J connectivity index is 2.69. The van der Waals surface area contributed by atoms with Crippen molar-refractivity contribution in [1.29, 1.82) is 0 Å². The van der Waals surface area contributed by atoms with Crippen molar-refractivity contribution in [2.24, 2.45) is 0 Å². The van der Waals surface area contributed by atoms with E-state index in [-0.39, 0.29) is 23.6 Å². The second kappa shape index (κ2) is 3.74. The van der Waals surface area contributed by atoms with Crippen molar-refractivity contribution in [1.82, 2.24) is 9.55 Å². The molecule has 2 rings (SSSR count). The molecule has 4 atom stereocenters. The van der Waals surface area contributed by atoms with Crippen molar-refractivity contribution in [3.05, 3.63) is 33.1 Å². The zero-order chi connectivity index (χ0) is 12.1. The van der Waals surface area contributed by atoms with Gasteiger partial charge in [0, 0.05) is 18.9 Å². The first-order chi connectivity index (χ1) is 7.42. The Bertz CT molecular complexity index is 593. The van der Waals surface area contributed by atoms with Gasteiger partial charge in [-0.25, -0.2) is 9.36 Å². The van der Waals surface area contributed by atoms with E-state index in [4.69, 9.17) is 0 Å². The van der Waals surface area contributed by atoms with Crippen molar-refractivity contribution in [2.45, 2.75) is 4.76 Å². The lowest BCUT2D eigenvalue weighted by molar-refractivity contribution is 0.737. The van der Waals surface area contributed by atoms with Crippen LogP contribution in [0, 0.1) is 0 Å². The molecule has 0 radical (unpaired) electrons. The highest BCUT2D eigenvalue weighted by molar-refractivity contribution is 8.49. The molecule has 0 amide bonds. The smallest absolute Gasteiger partial charge is 0.274 e. The molecule has 16 heavy (non-hydrogen) atoms. The van der Waals surface area contributed by atoms with Crippen LogP contribution in [0.1, 0.15) is 0 Å². The quantitative estimate of drug-likeness (QED) is 0.833. The molecule has 1 saturated heterocycles. The summed E-state index contributed by atoms with van der Waals surface area (Å²) < 4.78 is 1.51. The van der Waals surface area contributed by atoms with Gasteiger partial charge in [0.2, 0.25) is 14.8 Å². The third-order valence-corrected chi connectivity index (χ3v) is 15.9. The molecule has 0 aliphatic carbocycles. The predicted molar refractivity (Wildman–Crippen MR) is 76.1 cm³/mol. The van der Waals surface area contributed by atoms with E-state index in [1.807, 2.05) is 0 Å². The average Bonchev–Trinajstić information content (AvgIpc) is 2.71. The fourth-order valence-electron chi connectivity index (χ4n) is 1.91. The Morgan fingerprint density at radius 2 is 2.19 bits per heavy atom. The zero-order valence-corrected chi connectivity index (χ0v) is 11.9. The standard InChI is InChI=1S/C9H12N2O2P3/c1-14(2)9(15(3)16(9)4)11-6-5-7(12)10-8(11)13/h5-6H,1,3H2,2,4H3/q+1/p+1. The molecule has 0 bridgehead atoms. The normalized spacial score (nSPS) is 31.2. The number of H-pyrrole nitrogens is 1. The van der Waals surface area contributed by atoms with Crippen LogP contribution in [-0.4, -0.2) is 35.5 Å². The molecule has 2 heterocycles. The molecule has 7 heteroatoms. The number of hydrogen-bond acceptors (Lipinski definition) is 2. The molecule has 0 saturated carbocycles. The van der Waals surface area contributed by atoms with Crippen LogP contribution in [0.25, 0.3) is 0 Å². The third kappa shape index (κ3) is 1.41. The minimum absolute atomic E-state index is 0.152. The number of hydrogen-bond donors (Lipinski definition) is 1. The number of aromatic amines is 1. The van der Waals surface area contributed by atoms with Gasteiger partial charge in [-0.15, -0.1) is 0 Å². The van der Waals surface area contributed by atoms with Crippen LogP contribution in [-0.2, 0) is 4.76 Å². The van der Waals surface area contributed by atoms with Crippen LogP contribution in [0.4, 0.5) is 0 Å². The summed E-state index contributed by atoms with van der Waals surface area (Å²) in [6.07, 6.45) is 9.88. The van der Waals surface area contributed by atoms with Crippen LogP contribution >= 0.6 is 22.4 Å². The lowest BCUT2D eigenvalue weighted by Gasteiger charge is -2.02. The fraction of sp³-hybridized carbons (Fsp3) is 0.333. The van der Waals surface area contributed by atoms with Crippen LogP contribution < -0.4 is 11.2 Å². The third-order valence-electron chi connectivity index (χ3n) is 2.76. The predicted octanol–water partition coefficient (Wildman–Crippen LogP) is 1.60. The monoisotopic (exact) mass is 274 g/mol. The molecular weight excluding hydrogens is 261 g/mol. The van der Waals surface area contributed by atoms with Gasteiger partial charge in [0.15, 0.2) is 7.55 Å². The van der Waals surface area contributed by atoms with E-state index in [0.29, 0.717) is 0 Å². The highest BCUT2D eigenvalue weighted by Crippen LogP contribution is 3.02. The number of nitrogens with one attached hydrogen (secondary N) is 1. The zero-order valence-electron chi connectivity index (χ0n) is 9.17. The van der Waals surface area contributed by atoms with Crippen molar-refractivity contribution in [2.75, 3.05) is 13.3 Å². The summed E-state index contributed by atoms with van der Waals surface area (Å²) in [6, 6.07) is 1.40. The first-order valence-corrected chi connectivity index (χ1v) is 10.6. The molecule has 1 N–H and O–H groups in total. The Kier molecular flexibility index (Phi) is 2.78. The van der Waals surface area contributed by atoms with Crippen LogP contribution in [0.2, 0.25) is 0 Å². The summed E-state index contributed by atoms with van der Waals surface area (Å²) in [5.41, 5.74) is -0.677. The highest BCUT2D eigenvalue weighted by atomic mass is 32.1. The molecule has 4 nitrogen and oxygen atoms in total. The average molecular weight is 274 g/mol. The van der Waals surface area contributed by atoms with Gasteiger partial charge in [-0.3, -0.25) is 9.78 Å². The number of aromatic nitrogens is 2. The van der Waals surface area contributed by atoms with Gasteiger partial charge < -0.3 is 0 Å². The van der Waals surface area contributed by atoms with E-state index < -0.39 is 14.8 Å². The lowest BCUT2D eigenvalue weighted by atomic mass is 10.6. The van der Waals surface area contributed by atoms with E-state index in [0.717, 1.165) is 0 Å². The van der Waals surface area contributed by atoms with Crippen molar-refractivity contribution < 1.29 is 0 Å². The molecular formula is C9H13N2O2P3+2. The Morgan fingerprint density at radius 1 is 1.62 bits per heavy atom. The summed E-state index contributed by atoms with van der Waals surface area (Å²) in [4.78, 5) is 25.2. The topological polar surface area (TPSA) is 54.9 Å². The summed E-state index contributed by atoms with van der Waals surface area (Å²) in [6.45, 7) is 4.23. The minimum Gasteiger partial charge on any atom is -0.274 e. The van der Waals surface area contributed by atoms with Gasteiger partial charge in [0.1, 0.15) is 6.66 Å². The Hall–Kier alpha value is -0.550. The van der Waals surface area contributed by atoms with Gasteiger partial charge in [0.25, 0.3) is 5.56 Å². The maximum atomic E-state index is 11.8. The Labute approximate surface area is 96.1 Å². The maximum Gasteiger partial charge on any atom is 0.408 e. The number of rotatable bonds is 2. The van der Waals surface area contributed by atoms with E-state index in [1.165, 1.54) is 6.07 Å². The van der Waals surface area contributed by atoms with E-state index >= 15 is 0 Å². The van der Waals surface area contributed by atoms with Crippen molar-refractivity contribution in [3.8, 4) is 0 Å².